The first-order chi connectivity index (χ1) is 42.8. The Balaban J connectivity index is 1.03. The van der Waals surface area contributed by atoms with Crippen molar-refractivity contribution in [2.75, 3.05) is 14.7 Å². The molecule has 0 fully saturated rings. The molecule has 6 heterocycles. The first-order valence-corrected chi connectivity index (χ1v) is 30.0. The molecule has 0 N–H and O–H groups in total. The molecule has 0 unspecified atom stereocenters. The second-order valence-electron chi connectivity index (χ2n) is 23.4. The molecule has 19 rings (SSSR count). The molecule has 4 aliphatic heterocycles. The monoisotopic (exact) mass is 1090 g/mol. The second-order valence-corrected chi connectivity index (χ2v) is 23.4. The lowest BCUT2D eigenvalue weighted by Crippen LogP contribution is -2.74. The number of nitrogens with zero attached hydrogens (tertiary/aromatic N) is 5. The molecular formula is C78H50B3N5. The Bertz CT molecular complexity index is 4850. The van der Waals surface area contributed by atoms with Crippen LogP contribution >= 0.6 is 0 Å². The minimum atomic E-state index is -0.169. The van der Waals surface area contributed by atoms with E-state index in [0.29, 0.717) is 0 Å². The fraction of sp³-hybridized carbons (Fsp3) is 0. The molecule has 13 aromatic carbocycles. The van der Waals surface area contributed by atoms with Crippen LogP contribution in [0.25, 0.3) is 65.9 Å². The van der Waals surface area contributed by atoms with Gasteiger partial charge in [0, 0.05) is 106 Å². The van der Waals surface area contributed by atoms with Crippen molar-refractivity contribution in [2.24, 2.45) is 0 Å². The molecule has 0 saturated carbocycles. The zero-order valence-electron chi connectivity index (χ0n) is 46.8. The molecule has 86 heavy (non-hydrogen) atoms. The molecule has 4 aliphatic rings. The molecule has 0 radical (unpaired) electrons. The summed E-state index contributed by atoms with van der Waals surface area (Å²) < 4.78 is 5.56. The molecule has 0 aliphatic carbocycles. The Hall–Kier alpha value is -10.9. The molecule has 0 amide bonds. The summed E-state index contributed by atoms with van der Waals surface area (Å²) in [5.74, 6) is 0. The van der Waals surface area contributed by atoms with Crippen molar-refractivity contribution in [2.45, 2.75) is 0 Å². The number of hydrogen-bond donors (Lipinski definition) is 0. The molecule has 0 saturated heterocycles. The van der Waals surface area contributed by atoms with E-state index < -0.39 is 0 Å². The second kappa shape index (κ2) is 18.3. The summed E-state index contributed by atoms with van der Waals surface area (Å²) in [6, 6.07) is 113. The van der Waals surface area contributed by atoms with Crippen LogP contribution in [0.1, 0.15) is 0 Å². The van der Waals surface area contributed by atoms with Crippen LogP contribution in [-0.2, 0) is 0 Å². The van der Waals surface area contributed by atoms with Crippen LogP contribution in [0.4, 0.5) is 51.2 Å². The maximum atomic E-state index is 2.79. The lowest BCUT2D eigenvalue weighted by molar-refractivity contribution is 1.23. The van der Waals surface area contributed by atoms with Gasteiger partial charge in [0.25, 0.3) is 0 Å². The van der Waals surface area contributed by atoms with Crippen molar-refractivity contribution >= 4 is 153 Å². The van der Waals surface area contributed by atoms with Gasteiger partial charge < -0.3 is 23.7 Å². The van der Waals surface area contributed by atoms with E-state index in [1.165, 1.54) is 115 Å². The van der Waals surface area contributed by atoms with Crippen LogP contribution < -0.4 is 52.9 Å². The molecule has 8 heteroatoms. The Kier molecular flexibility index (Phi) is 10.1. The van der Waals surface area contributed by atoms with E-state index in [0.717, 1.165) is 39.8 Å². The van der Waals surface area contributed by atoms with Gasteiger partial charge in [-0.2, -0.15) is 0 Å². The van der Waals surface area contributed by atoms with E-state index in [1.807, 2.05) is 0 Å². The summed E-state index contributed by atoms with van der Waals surface area (Å²) in [6.07, 6.45) is 0. The molecule has 396 valence electrons. The highest BCUT2D eigenvalue weighted by Gasteiger charge is 2.49. The van der Waals surface area contributed by atoms with Gasteiger partial charge in [-0.1, -0.05) is 222 Å². The predicted octanol–water partition coefficient (Wildman–Crippen LogP) is 14.7. The number of aromatic nitrogens is 2. The lowest BCUT2D eigenvalue weighted by atomic mass is 9.24. The smallest absolute Gasteiger partial charge is 0.333 e. The minimum absolute atomic E-state index is 0.0354. The third kappa shape index (κ3) is 6.53. The fourth-order valence-electron chi connectivity index (χ4n) is 15.9. The van der Waals surface area contributed by atoms with Crippen molar-refractivity contribution in [3.63, 3.8) is 0 Å². The summed E-state index contributed by atoms with van der Waals surface area (Å²) in [7, 11) is 0. The minimum Gasteiger partial charge on any atom is -0.375 e. The van der Waals surface area contributed by atoms with Crippen molar-refractivity contribution in [3.8, 4) is 22.3 Å². The summed E-state index contributed by atoms with van der Waals surface area (Å²) in [4.78, 5) is 7.48. The molecular weight excluding hydrogens is 1040 g/mol. The van der Waals surface area contributed by atoms with Crippen LogP contribution in [-0.4, -0.2) is 29.4 Å². The van der Waals surface area contributed by atoms with Crippen LogP contribution in [0.2, 0.25) is 0 Å². The van der Waals surface area contributed by atoms with E-state index in [-0.39, 0.29) is 20.4 Å². The number of fused-ring (bicyclic) bond motifs is 16. The number of rotatable bonds is 8. The van der Waals surface area contributed by atoms with Gasteiger partial charge in [0.15, 0.2) is 0 Å². The van der Waals surface area contributed by atoms with E-state index >= 15 is 0 Å². The molecule has 5 nitrogen and oxygen atoms in total. The summed E-state index contributed by atoms with van der Waals surface area (Å²) in [5, 5.41) is 5.07. The van der Waals surface area contributed by atoms with Crippen molar-refractivity contribution in [1.82, 2.24) is 8.96 Å². The molecule has 2 aromatic heterocycles. The van der Waals surface area contributed by atoms with Gasteiger partial charge in [-0.3, -0.25) is 0 Å². The standard InChI is InChI=1S/C78H50B3N5/c1-7-27-51(28-8-1)79-63-41-21-22-42-64(63)80-75-61(47-57(49-66(75)79)82(52-29-9-2-10-30-52)53-31-11-3-12-32-53)73-71-60-40-20-25-45-68(60)86-78(71)74(72-59-39-19-24-44-67(59)85(80)77(72)73)62-48-58(83(54-33-13-4-14-34-54)55-35-15-5-16-36-55)50-70-76(62)81(86)65-43-23-26-46-69(65)84(70)56-37-17-6-18-38-56/h1-50H. The van der Waals surface area contributed by atoms with Gasteiger partial charge in [-0.25, -0.2) is 0 Å². The predicted molar refractivity (Wildman–Crippen MR) is 366 cm³/mol. The van der Waals surface area contributed by atoms with Crippen molar-refractivity contribution in [3.05, 3.63) is 303 Å². The Labute approximate surface area is 499 Å². The average Bonchev–Trinajstić information content (AvgIpc) is 1.42. The average molecular weight is 1090 g/mol. The van der Waals surface area contributed by atoms with Gasteiger partial charge in [0.05, 0.1) is 0 Å². The zero-order chi connectivity index (χ0) is 56.1. The van der Waals surface area contributed by atoms with Gasteiger partial charge in [-0.15, -0.1) is 0 Å². The SMILES string of the molecule is c1ccc(B2c3ccccc3B3c4c2cc(N(c2ccccc2)c2ccccc2)cc4-c2c4c5ccccc5n5c4c(c4c6ccccc6n3c24)-c2cc(N(c3ccccc3)c3ccccc3)cc3c2B5c2ccccc2N3c2ccccc2)cc1. The van der Waals surface area contributed by atoms with E-state index in [1.54, 1.807) is 0 Å². The van der Waals surface area contributed by atoms with Gasteiger partial charge in [-0.05, 0) is 131 Å². The lowest BCUT2D eigenvalue weighted by Gasteiger charge is -2.42. The number of anilines is 9. The van der Waals surface area contributed by atoms with E-state index in [2.05, 4.69) is 327 Å². The van der Waals surface area contributed by atoms with Crippen molar-refractivity contribution in [1.29, 1.82) is 0 Å². The van der Waals surface area contributed by atoms with Crippen LogP contribution in [0.5, 0.6) is 0 Å². The fourth-order valence-corrected chi connectivity index (χ4v) is 15.9. The number of benzene rings is 13. The molecule has 0 atom stereocenters. The summed E-state index contributed by atoms with van der Waals surface area (Å²) in [5.41, 5.74) is 29.4. The zero-order valence-corrected chi connectivity index (χ0v) is 46.8. The topological polar surface area (TPSA) is 19.6 Å². The van der Waals surface area contributed by atoms with Crippen LogP contribution in [0, 0.1) is 0 Å². The van der Waals surface area contributed by atoms with Crippen LogP contribution in [0.3, 0.4) is 0 Å². The Morgan fingerprint density at radius 1 is 0.291 bits per heavy atom. The maximum Gasteiger partial charge on any atom is 0.333 e. The quantitative estimate of drug-likeness (QED) is 0.141. The third-order valence-electron chi connectivity index (χ3n) is 19.1. The molecule has 15 aromatic rings. The number of hydrogen-bond acceptors (Lipinski definition) is 3. The number of para-hydroxylation sites is 8. The Morgan fingerprint density at radius 3 is 1.23 bits per heavy atom. The Morgan fingerprint density at radius 2 is 0.698 bits per heavy atom. The van der Waals surface area contributed by atoms with E-state index in [9.17, 15) is 0 Å². The van der Waals surface area contributed by atoms with Gasteiger partial charge in [0.2, 0.25) is 6.71 Å². The highest BCUT2D eigenvalue weighted by molar-refractivity contribution is 7.08. The molecule has 0 bridgehead atoms. The summed E-state index contributed by atoms with van der Waals surface area (Å²) in [6.45, 7) is -0.340. The maximum absolute atomic E-state index is 2.79. The van der Waals surface area contributed by atoms with Crippen molar-refractivity contribution < 1.29 is 0 Å². The highest BCUT2D eigenvalue weighted by Crippen LogP contribution is 2.56. The first-order valence-electron chi connectivity index (χ1n) is 30.0. The first kappa shape index (κ1) is 47.5. The highest BCUT2D eigenvalue weighted by atomic mass is 15.2. The third-order valence-corrected chi connectivity index (χ3v) is 19.1. The van der Waals surface area contributed by atoms with Gasteiger partial charge >= 0.3 is 13.7 Å². The largest absolute Gasteiger partial charge is 0.375 e. The molecule has 0 spiro atoms. The van der Waals surface area contributed by atoms with Crippen LogP contribution in [0.15, 0.2) is 303 Å². The van der Waals surface area contributed by atoms with Gasteiger partial charge in [0.1, 0.15) is 0 Å². The van der Waals surface area contributed by atoms with E-state index in [4.69, 9.17) is 0 Å². The summed E-state index contributed by atoms with van der Waals surface area (Å²) >= 11 is 0. The normalized spacial score (nSPS) is 13.0.